The number of allylic oxidation sites excluding steroid dienone is 2. The predicted molar refractivity (Wildman–Crippen MR) is 65.0 cm³/mol. The molecule has 1 heteroatoms. The summed E-state index contributed by atoms with van der Waals surface area (Å²) in [5.74, 6) is 2.32. The second kappa shape index (κ2) is 2.80. The third kappa shape index (κ3) is 0.846. The number of ketones is 1. The van der Waals surface area contributed by atoms with Crippen LogP contribution in [0.1, 0.15) is 47.0 Å². The number of hydrogen-bond acceptors (Lipinski definition) is 1. The quantitative estimate of drug-likeness (QED) is 0.607. The van der Waals surface area contributed by atoms with Crippen LogP contribution >= 0.6 is 0 Å². The van der Waals surface area contributed by atoms with Crippen molar-refractivity contribution in [1.29, 1.82) is 0 Å². The van der Waals surface area contributed by atoms with E-state index < -0.39 is 0 Å². The molecule has 0 N–H and O–H groups in total. The average molecular weight is 218 g/mol. The molecule has 0 aromatic rings. The number of carbonyl (C=O) groups excluding carboxylic acids is 1. The van der Waals surface area contributed by atoms with Gasteiger partial charge in [-0.3, -0.25) is 4.79 Å². The Morgan fingerprint density at radius 2 is 2.00 bits per heavy atom. The van der Waals surface area contributed by atoms with Crippen molar-refractivity contribution in [2.75, 3.05) is 0 Å². The minimum absolute atomic E-state index is 0.0417. The second-order valence-corrected chi connectivity index (χ2v) is 6.81. The van der Waals surface area contributed by atoms with Gasteiger partial charge in [-0.15, -0.1) is 0 Å². The first-order chi connectivity index (χ1) is 7.42. The van der Waals surface area contributed by atoms with Crippen LogP contribution in [0.25, 0.3) is 0 Å². The molecule has 4 atom stereocenters. The molecular formula is C15H22O. The molecule has 0 aromatic carbocycles. The zero-order valence-corrected chi connectivity index (χ0v) is 10.8. The van der Waals surface area contributed by atoms with E-state index in [1.165, 1.54) is 24.8 Å². The molecule has 3 aliphatic carbocycles. The summed E-state index contributed by atoms with van der Waals surface area (Å²) in [4.78, 5) is 12.5. The van der Waals surface area contributed by atoms with Crippen LogP contribution in [0.4, 0.5) is 0 Å². The first-order valence-corrected chi connectivity index (χ1v) is 6.65. The normalized spacial score (nSPS) is 49.1. The summed E-state index contributed by atoms with van der Waals surface area (Å²) < 4.78 is 0. The van der Waals surface area contributed by atoms with Crippen molar-refractivity contribution in [2.24, 2.45) is 28.6 Å². The van der Waals surface area contributed by atoms with E-state index in [9.17, 15) is 4.79 Å². The van der Waals surface area contributed by atoms with Crippen molar-refractivity contribution in [3.05, 3.63) is 11.6 Å². The average Bonchev–Trinajstić information content (AvgIpc) is 2.48. The smallest absolute Gasteiger partial charge is 0.163 e. The third-order valence-corrected chi connectivity index (χ3v) is 6.20. The fourth-order valence-electron chi connectivity index (χ4n) is 5.39. The lowest BCUT2D eigenvalue weighted by atomic mass is 9.51. The zero-order chi connectivity index (χ0) is 11.7. The SMILES string of the molecule is CC1=CC(=O)[C@]23[C@H](C)CC[C@H](C[C@@H]12)C3(C)C. The molecule has 0 saturated heterocycles. The van der Waals surface area contributed by atoms with E-state index in [4.69, 9.17) is 0 Å². The molecule has 0 radical (unpaired) electrons. The Hall–Kier alpha value is -0.590. The number of hydrogen-bond donors (Lipinski definition) is 0. The van der Waals surface area contributed by atoms with E-state index in [1.807, 2.05) is 6.08 Å². The predicted octanol–water partition coefficient (Wildman–Crippen LogP) is 3.59. The molecule has 2 bridgehead atoms. The Morgan fingerprint density at radius 1 is 1.31 bits per heavy atom. The zero-order valence-electron chi connectivity index (χ0n) is 10.8. The highest BCUT2D eigenvalue weighted by Crippen LogP contribution is 2.71. The largest absolute Gasteiger partial charge is 0.294 e. The molecule has 0 heterocycles. The van der Waals surface area contributed by atoms with Crippen LogP contribution in [0.15, 0.2) is 11.6 Å². The third-order valence-electron chi connectivity index (χ3n) is 6.20. The highest BCUT2D eigenvalue weighted by atomic mass is 16.1. The van der Waals surface area contributed by atoms with E-state index >= 15 is 0 Å². The van der Waals surface area contributed by atoms with Gasteiger partial charge in [0.25, 0.3) is 0 Å². The van der Waals surface area contributed by atoms with Gasteiger partial charge in [0, 0.05) is 5.41 Å². The van der Waals surface area contributed by atoms with Crippen molar-refractivity contribution < 1.29 is 4.79 Å². The first-order valence-electron chi connectivity index (χ1n) is 6.65. The maximum absolute atomic E-state index is 12.5. The molecule has 3 rings (SSSR count). The van der Waals surface area contributed by atoms with Gasteiger partial charge < -0.3 is 0 Å². The molecule has 0 amide bonds. The van der Waals surface area contributed by atoms with Gasteiger partial charge in [-0.1, -0.05) is 26.3 Å². The molecule has 0 unspecified atom stereocenters. The van der Waals surface area contributed by atoms with E-state index in [0.717, 1.165) is 5.92 Å². The van der Waals surface area contributed by atoms with Crippen molar-refractivity contribution in [1.82, 2.24) is 0 Å². The maximum Gasteiger partial charge on any atom is 0.163 e. The molecule has 2 saturated carbocycles. The van der Waals surface area contributed by atoms with Gasteiger partial charge in [0.2, 0.25) is 0 Å². The molecule has 88 valence electrons. The van der Waals surface area contributed by atoms with Crippen molar-refractivity contribution >= 4 is 5.78 Å². The van der Waals surface area contributed by atoms with E-state index in [0.29, 0.717) is 17.6 Å². The van der Waals surface area contributed by atoms with Crippen LogP contribution in [0.2, 0.25) is 0 Å². The van der Waals surface area contributed by atoms with Crippen molar-refractivity contribution in [3.63, 3.8) is 0 Å². The van der Waals surface area contributed by atoms with Gasteiger partial charge in [-0.05, 0) is 55.4 Å². The van der Waals surface area contributed by atoms with Gasteiger partial charge in [0.15, 0.2) is 5.78 Å². The Bertz CT molecular complexity index is 390. The molecule has 1 spiro atoms. The summed E-state index contributed by atoms with van der Waals surface area (Å²) in [6.45, 7) is 9.16. The maximum atomic E-state index is 12.5. The van der Waals surface area contributed by atoms with Crippen LogP contribution in [0, 0.1) is 28.6 Å². The van der Waals surface area contributed by atoms with Crippen LogP contribution in [-0.2, 0) is 4.79 Å². The molecule has 0 aliphatic heterocycles. The Balaban J connectivity index is 2.21. The monoisotopic (exact) mass is 218 g/mol. The fraction of sp³-hybridized carbons (Fsp3) is 0.800. The molecule has 2 fully saturated rings. The summed E-state index contributed by atoms with van der Waals surface area (Å²) >= 11 is 0. The molecule has 3 aliphatic rings. The first kappa shape index (κ1) is 10.6. The van der Waals surface area contributed by atoms with Gasteiger partial charge in [0.05, 0.1) is 0 Å². The van der Waals surface area contributed by atoms with Crippen molar-refractivity contribution in [2.45, 2.75) is 47.0 Å². The second-order valence-electron chi connectivity index (χ2n) is 6.81. The summed E-state index contributed by atoms with van der Waals surface area (Å²) in [5, 5.41) is 0. The summed E-state index contributed by atoms with van der Waals surface area (Å²) in [6, 6.07) is 0. The lowest BCUT2D eigenvalue weighted by Gasteiger charge is -2.51. The minimum atomic E-state index is -0.0417. The minimum Gasteiger partial charge on any atom is -0.294 e. The molecule has 1 nitrogen and oxygen atoms in total. The van der Waals surface area contributed by atoms with Gasteiger partial charge in [0.1, 0.15) is 0 Å². The molecular weight excluding hydrogens is 196 g/mol. The standard InChI is InChI=1S/C15H22O/c1-9-7-13(16)15-10(2)5-6-11(8-12(9)15)14(15,3)4/h7,10-12H,5-6,8H2,1-4H3/t10-,11-,12+,15+/m1/s1. The number of fused-ring (bicyclic) bond motifs is 1. The van der Waals surface area contributed by atoms with Gasteiger partial charge >= 0.3 is 0 Å². The molecule has 0 aromatic heterocycles. The summed E-state index contributed by atoms with van der Waals surface area (Å²) in [5.41, 5.74) is 1.52. The summed E-state index contributed by atoms with van der Waals surface area (Å²) in [6.07, 6.45) is 5.78. The Morgan fingerprint density at radius 3 is 2.69 bits per heavy atom. The Kier molecular flexibility index (Phi) is 1.85. The fourth-order valence-corrected chi connectivity index (χ4v) is 5.39. The van der Waals surface area contributed by atoms with Crippen LogP contribution in [-0.4, -0.2) is 5.78 Å². The highest BCUT2D eigenvalue weighted by molar-refractivity contribution is 6.00. The van der Waals surface area contributed by atoms with Crippen LogP contribution in [0.3, 0.4) is 0 Å². The van der Waals surface area contributed by atoms with Crippen molar-refractivity contribution in [3.8, 4) is 0 Å². The topological polar surface area (TPSA) is 17.1 Å². The van der Waals surface area contributed by atoms with E-state index in [2.05, 4.69) is 27.7 Å². The highest BCUT2D eigenvalue weighted by Gasteiger charge is 2.69. The van der Waals surface area contributed by atoms with Gasteiger partial charge in [-0.2, -0.15) is 0 Å². The number of rotatable bonds is 0. The van der Waals surface area contributed by atoms with Crippen LogP contribution < -0.4 is 0 Å². The molecule has 16 heavy (non-hydrogen) atoms. The van der Waals surface area contributed by atoms with E-state index in [1.54, 1.807) is 0 Å². The van der Waals surface area contributed by atoms with Crippen LogP contribution in [0.5, 0.6) is 0 Å². The number of carbonyl (C=O) groups is 1. The van der Waals surface area contributed by atoms with E-state index in [-0.39, 0.29) is 10.8 Å². The lowest BCUT2D eigenvalue weighted by molar-refractivity contribution is -0.139. The summed E-state index contributed by atoms with van der Waals surface area (Å²) in [7, 11) is 0. The lowest BCUT2D eigenvalue weighted by Crippen LogP contribution is -2.51. The van der Waals surface area contributed by atoms with Gasteiger partial charge in [-0.25, -0.2) is 0 Å². The Labute approximate surface area is 98.3 Å².